The van der Waals surface area contributed by atoms with Crippen molar-refractivity contribution in [3.63, 3.8) is 0 Å². The average molecular weight is 437 g/mol. The maximum absolute atomic E-state index is 13.4. The van der Waals surface area contributed by atoms with Crippen molar-refractivity contribution in [3.05, 3.63) is 53.8 Å². The molecule has 7 nitrogen and oxygen atoms in total. The molecule has 0 amide bonds. The van der Waals surface area contributed by atoms with Crippen LogP contribution in [0.25, 0.3) is 17.0 Å². The largest absolute Gasteiger partial charge is 0.508 e. The minimum atomic E-state index is -0.303. The van der Waals surface area contributed by atoms with E-state index in [-0.39, 0.29) is 17.1 Å². The monoisotopic (exact) mass is 437 g/mol. The molecule has 0 bridgehead atoms. The van der Waals surface area contributed by atoms with Crippen molar-refractivity contribution >= 4 is 22.8 Å². The van der Waals surface area contributed by atoms with E-state index in [1.54, 1.807) is 36.4 Å². The highest BCUT2D eigenvalue weighted by Crippen LogP contribution is 2.46. The summed E-state index contributed by atoms with van der Waals surface area (Å²) in [6.45, 7) is 3.27. The molecule has 3 aromatic rings. The number of hydrogen-bond donors (Lipinski definition) is 1. The Morgan fingerprint density at radius 3 is 2.62 bits per heavy atom. The van der Waals surface area contributed by atoms with Crippen molar-refractivity contribution in [2.45, 2.75) is 12.8 Å². The van der Waals surface area contributed by atoms with E-state index in [9.17, 15) is 9.90 Å². The summed E-state index contributed by atoms with van der Waals surface area (Å²) < 4.78 is 23.0. The van der Waals surface area contributed by atoms with E-state index in [1.165, 1.54) is 39.4 Å². The second-order valence-corrected chi connectivity index (χ2v) is 7.62. The van der Waals surface area contributed by atoms with Crippen molar-refractivity contribution in [2.24, 2.45) is 0 Å². The fourth-order valence-electron chi connectivity index (χ4n) is 4.04. The molecule has 4 rings (SSSR count). The first kappa shape index (κ1) is 21.8. The highest BCUT2D eigenvalue weighted by Gasteiger charge is 2.28. The van der Waals surface area contributed by atoms with Crippen LogP contribution < -0.4 is 14.2 Å². The zero-order chi connectivity index (χ0) is 22.5. The first-order valence-corrected chi connectivity index (χ1v) is 10.6. The molecular formula is C25H27NO6. The molecule has 1 aliphatic rings. The van der Waals surface area contributed by atoms with E-state index < -0.39 is 0 Å². The molecule has 7 heteroatoms. The van der Waals surface area contributed by atoms with E-state index in [2.05, 4.69) is 4.90 Å². The van der Waals surface area contributed by atoms with Gasteiger partial charge in [0.2, 0.25) is 5.75 Å². The van der Waals surface area contributed by atoms with Crippen LogP contribution in [0.5, 0.6) is 23.0 Å². The van der Waals surface area contributed by atoms with E-state index >= 15 is 0 Å². The number of phenols is 1. The number of carbonyl (C=O) groups is 1. The number of fused-ring (bicyclic) bond motifs is 1. The number of aromatic hydroxyl groups is 1. The summed E-state index contributed by atoms with van der Waals surface area (Å²) >= 11 is 0. The van der Waals surface area contributed by atoms with Gasteiger partial charge in [0.1, 0.15) is 23.7 Å². The molecule has 0 radical (unpaired) electrons. The van der Waals surface area contributed by atoms with Gasteiger partial charge in [-0.15, -0.1) is 0 Å². The first-order chi connectivity index (χ1) is 15.6. The summed E-state index contributed by atoms with van der Waals surface area (Å²) in [6.07, 6.45) is 6.99. The number of allylic oxidation sites excluding steroid dienone is 1. The minimum Gasteiger partial charge on any atom is -0.508 e. The number of ketones is 1. The smallest absolute Gasteiger partial charge is 0.205 e. The Kier molecular flexibility index (Phi) is 6.66. The number of carbonyl (C=O) groups excluding carboxylic acids is 1. The average Bonchev–Trinajstić information content (AvgIpc) is 3.49. The van der Waals surface area contributed by atoms with Crippen LogP contribution in [0.15, 0.2) is 47.1 Å². The van der Waals surface area contributed by atoms with Crippen molar-refractivity contribution in [2.75, 3.05) is 40.5 Å². The number of likely N-dealkylation sites (tertiary alicyclic amines) is 1. The van der Waals surface area contributed by atoms with Gasteiger partial charge in [-0.3, -0.25) is 9.69 Å². The normalized spacial score (nSPS) is 14.3. The molecule has 1 aromatic heterocycles. The van der Waals surface area contributed by atoms with Crippen molar-refractivity contribution < 1.29 is 28.5 Å². The van der Waals surface area contributed by atoms with Gasteiger partial charge in [0.25, 0.3) is 0 Å². The van der Waals surface area contributed by atoms with Crippen LogP contribution in [0, 0.1) is 0 Å². The number of ether oxygens (including phenoxy) is 3. The third-order valence-corrected chi connectivity index (χ3v) is 5.58. The summed E-state index contributed by atoms with van der Waals surface area (Å²) in [4.78, 5) is 15.7. The Morgan fingerprint density at radius 2 is 1.91 bits per heavy atom. The fraction of sp³-hybridized carbons (Fsp3) is 0.320. The third kappa shape index (κ3) is 4.43. The van der Waals surface area contributed by atoms with Gasteiger partial charge in [0.05, 0.1) is 25.9 Å². The van der Waals surface area contributed by atoms with Gasteiger partial charge in [-0.1, -0.05) is 18.2 Å². The zero-order valence-electron chi connectivity index (χ0n) is 18.3. The molecule has 2 heterocycles. The molecule has 32 heavy (non-hydrogen) atoms. The number of nitrogens with zero attached hydrogens (tertiary/aromatic N) is 1. The Balaban J connectivity index is 1.72. The third-order valence-electron chi connectivity index (χ3n) is 5.58. The van der Waals surface area contributed by atoms with Gasteiger partial charge in [0.15, 0.2) is 17.1 Å². The van der Waals surface area contributed by atoms with Crippen LogP contribution in [0.3, 0.4) is 0 Å². The quantitative estimate of drug-likeness (QED) is 0.389. The lowest BCUT2D eigenvalue weighted by atomic mass is 10.0. The van der Waals surface area contributed by atoms with Gasteiger partial charge in [0, 0.05) is 6.54 Å². The number of furan rings is 1. The van der Waals surface area contributed by atoms with E-state index in [0.717, 1.165) is 19.6 Å². The second kappa shape index (κ2) is 9.78. The molecule has 0 saturated carbocycles. The Labute approximate surface area is 186 Å². The molecule has 2 aromatic carbocycles. The summed E-state index contributed by atoms with van der Waals surface area (Å²) in [5.74, 6) is 0.863. The van der Waals surface area contributed by atoms with Crippen LogP contribution >= 0.6 is 0 Å². The number of phenolic OH excluding ortho intramolecular Hbond substituents is 1. The summed E-state index contributed by atoms with van der Waals surface area (Å²) in [7, 11) is 3.03. The molecule has 1 saturated heterocycles. The van der Waals surface area contributed by atoms with Crippen LogP contribution in [-0.4, -0.2) is 56.3 Å². The summed E-state index contributed by atoms with van der Waals surface area (Å²) in [6, 6.07) is 8.41. The molecule has 1 N–H and O–H groups in total. The lowest BCUT2D eigenvalue weighted by Gasteiger charge is -2.19. The predicted molar refractivity (Wildman–Crippen MR) is 122 cm³/mol. The maximum atomic E-state index is 13.4. The van der Waals surface area contributed by atoms with Crippen molar-refractivity contribution in [1.82, 2.24) is 4.90 Å². The maximum Gasteiger partial charge on any atom is 0.205 e. The molecule has 168 valence electrons. The summed E-state index contributed by atoms with van der Waals surface area (Å²) in [5, 5.41) is 10.3. The lowest BCUT2D eigenvalue weighted by molar-refractivity contribution is 0.103. The Bertz CT molecular complexity index is 1130. The topological polar surface area (TPSA) is 81.4 Å². The van der Waals surface area contributed by atoms with E-state index in [0.29, 0.717) is 40.4 Å². The van der Waals surface area contributed by atoms with Gasteiger partial charge < -0.3 is 23.7 Å². The van der Waals surface area contributed by atoms with Crippen LogP contribution in [0.1, 0.15) is 28.8 Å². The Hall–Kier alpha value is -3.45. The predicted octanol–water partition coefficient (Wildman–Crippen LogP) is 4.53. The number of benzene rings is 2. The standard InChI is InChI=1S/C25H27NO6/c1-29-22-19-10-14-31-23(19)25(30-2)24(32-15-13-26-11-3-4-12-26)21(22)20(28)9-8-17-6-5-7-18(27)16-17/h5-10,14,16,27H,3-4,11-13,15H2,1-2H3/b9-8+. The van der Waals surface area contributed by atoms with E-state index in [4.69, 9.17) is 18.6 Å². The zero-order valence-corrected chi connectivity index (χ0v) is 18.3. The van der Waals surface area contributed by atoms with Crippen LogP contribution in [0.2, 0.25) is 0 Å². The van der Waals surface area contributed by atoms with Gasteiger partial charge in [-0.25, -0.2) is 0 Å². The van der Waals surface area contributed by atoms with Gasteiger partial charge >= 0.3 is 0 Å². The number of hydrogen-bond acceptors (Lipinski definition) is 7. The molecule has 0 aliphatic carbocycles. The van der Waals surface area contributed by atoms with Crippen molar-refractivity contribution in [1.29, 1.82) is 0 Å². The molecule has 0 spiro atoms. The first-order valence-electron chi connectivity index (χ1n) is 10.6. The van der Waals surface area contributed by atoms with Crippen LogP contribution in [-0.2, 0) is 0 Å². The number of rotatable bonds is 9. The summed E-state index contributed by atoms with van der Waals surface area (Å²) in [5.41, 5.74) is 1.44. The highest BCUT2D eigenvalue weighted by atomic mass is 16.5. The lowest BCUT2D eigenvalue weighted by Crippen LogP contribution is -2.25. The number of methoxy groups -OCH3 is 2. The molecule has 1 fully saturated rings. The minimum absolute atomic E-state index is 0.129. The fourth-order valence-corrected chi connectivity index (χ4v) is 4.04. The highest BCUT2D eigenvalue weighted by molar-refractivity contribution is 6.15. The van der Waals surface area contributed by atoms with Gasteiger partial charge in [-0.2, -0.15) is 0 Å². The molecule has 1 aliphatic heterocycles. The Morgan fingerprint density at radius 1 is 1.12 bits per heavy atom. The van der Waals surface area contributed by atoms with Gasteiger partial charge in [-0.05, 0) is 55.8 Å². The molecule has 0 atom stereocenters. The second-order valence-electron chi connectivity index (χ2n) is 7.62. The van der Waals surface area contributed by atoms with E-state index in [1.807, 2.05) is 0 Å². The SMILES string of the molecule is COc1c(C(=O)/C=C/c2cccc(O)c2)c(OCCN2CCCC2)c(OC)c2occc12. The van der Waals surface area contributed by atoms with Crippen molar-refractivity contribution in [3.8, 4) is 23.0 Å². The van der Waals surface area contributed by atoms with Crippen LogP contribution in [0.4, 0.5) is 0 Å². The molecular weight excluding hydrogens is 410 g/mol. The molecule has 0 unspecified atom stereocenters.